The van der Waals surface area contributed by atoms with E-state index in [2.05, 4.69) is 26.6 Å². The van der Waals surface area contributed by atoms with Gasteiger partial charge in [-0.3, -0.25) is 0 Å². The molecule has 0 saturated heterocycles. The van der Waals surface area contributed by atoms with Crippen LogP contribution in [0.2, 0.25) is 19.6 Å². The van der Waals surface area contributed by atoms with Crippen molar-refractivity contribution in [2.24, 2.45) is 11.8 Å². The summed E-state index contributed by atoms with van der Waals surface area (Å²) in [5.74, 6) is 1.76. The molecule has 0 N–H and O–H groups in total. The second kappa shape index (κ2) is 2.83. The van der Waals surface area contributed by atoms with E-state index in [1.165, 1.54) is 25.7 Å². The normalized spacial score (nSPS) is 44.3. The van der Waals surface area contributed by atoms with Crippen molar-refractivity contribution >= 4 is 8.32 Å². The maximum absolute atomic E-state index is 6.39. The third-order valence-corrected chi connectivity index (χ3v) is 4.71. The third kappa shape index (κ3) is 1.59. The van der Waals surface area contributed by atoms with E-state index < -0.39 is 8.32 Å². The topological polar surface area (TPSA) is 9.23 Å². The van der Waals surface area contributed by atoms with Crippen LogP contribution in [0.5, 0.6) is 0 Å². The monoisotopic (exact) mass is 198 g/mol. The Kier molecular flexibility index (Phi) is 2.12. The molecule has 0 aromatic rings. The van der Waals surface area contributed by atoms with E-state index in [-0.39, 0.29) is 0 Å². The van der Waals surface area contributed by atoms with E-state index in [4.69, 9.17) is 4.43 Å². The molecular weight excluding hydrogens is 176 g/mol. The molecule has 0 radical (unpaired) electrons. The van der Waals surface area contributed by atoms with E-state index in [0.29, 0.717) is 5.60 Å². The van der Waals surface area contributed by atoms with Crippen LogP contribution in [-0.2, 0) is 4.43 Å². The number of hydrogen-bond acceptors (Lipinski definition) is 1. The highest BCUT2D eigenvalue weighted by atomic mass is 28.4. The predicted octanol–water partition coefficient (Wildman–Crippen LogP) is 3.42. The molecule has 2 aliphatic rings. The molecule has 1 nitrogen and oxygen atoms in total. The van der Waals surface area contributed by atoms with Gasteiger partial charge in [-0.2, -0.15) is 0 Å². The van der Waals surface area contributed by atoms with E-state index >= 15 is 0 Å². The molecule has 2 heteroatoms. The van der Waals surface area contributed by atoms with Crippen LogP contribution in [0.25, 0.3) is 0 Å². The summed E-state index contributed by atoms with van der Waals surface area (Å²) < 4.78 is 6.39. The molecule has 2 saturated carbocycles. The molecule has 0 aromatic carbocycles. The second-order valence-electron chi connectivity index (χ2n) is 5.81. The van der Waals surface area contributed by atoms with E-state index in [1.54, 1.807) is 0 Å². The van der Waals surface area contributed by atoms with Gasteiger partial charge in [0, 0.05) is 0 Å². The fourth-order valence-electron chi connectivity index (χ4n) is 3.16. The van der Waals surface area contributed by atoms with Gasteiger partial charge in [-0.05, 0) is 44.3 Å². The average Bonchev–Trinajstić information content (AvgIpc) is 2.54. The average molecular weight is 198 g/mol. The van der Waals surface area contributed by atoms with Crippen LogP contribution >= 0.6 is 0 Å². The van der Waals surface area contributed by atoms with Crippen LogP contribution < -0.4 is 0 Å². The largest absolute Gasteiger partial charge is 0.412 e. The maximum Gasteiger partial charge on any atom is 0.184 e. The summed E-state index contributed by atoms with van der Waals surface area (Å²) in [6, 6.07) is 0. The van der Waals surface area contributed by atoms with Crippen molar-refractivity contribution in [3.63, 3.8) is 0 Å². The first-order valence-corrected chi connectivity index (χ1v) is 9.07. The molecule has 3 atom stereocenters. The number of hydrogen-bond donors (Lipinski definition) is 0. The second-order valence-corrected chi connectivity index (χ2v) is 10.2. The number of rotatable bonds is 2. The Morgan fingerprint density at radius 1 is 1.23 bits per heavy atom. The fraction of sp³-hybridized carbons (Fsp3) is 1.00. The van der Waals surface area contributed by atoms with Gasteiger partial charge in [-0.15, -0.1) is 0 Å². The Bertz CT molecular complexity index is 209. The lowest BCUT2D eigenvalue weighted by Gasteiger charge is -2.30. The molecule has 0 heterocycles. The Morgan fingerprint density at radius 2 is 1.92 bits per heavy atom. The molecule has 2 aliphatic carbocycles. The molecule has 0 aromatic heterocycles. The van der Waals surface area contributed by atoms with Crippen LogP contribution in [0.1, 0.15) is 32.6 Å². The highest BCUT2D eigenvalue weighted by Gasteiger charge is 2.64. The minimum Gasteiger partial charge on any atom is -0.412 e. The smallest absolute Gasteiger partial charge is 0.184 e. The minimum absolute atomic E-state index is 0.350. The zero-order valence-corrected chi connectivity index (χ0v) is 10.4. The van der Waals surface area contributed by atoms with Crippen molar-refractivity contribution in [3.05, 3.63) is 0 Å². The fourth-order valence-corrected chi connectivity index (χ4v) is 4.73. The van der Waals surface area contributed by atoms with Crippen LogP contribution in [0.3, 0.4) is 0 Å². The van der Waals surface area contributed by atoms with Gasteiger partial charge in [-0.25, -0.2) is 0 Å². The lowest BCUT2D eigenvalue weighted by molar-refractivity contribution is 0.112. The van der Waals surface area contributed by atoms with Crippen molar-refractivity contribution in [1.82, 2.24) is 0 Å². The molecule has 76 valence electrons. The standard InChI is InChI=1S/C11H22OSi/c1-9-10-7-5-6-8-11(9,10)12-13(2,3)4/h9-10H,5-8H2,1-4H3/t9-,10+,11+/m0/s1. The van der Waals surface area contributed by atoms with Crippen molar-refractivity contribution in [1.29, 1.82) is 0 Å². The molecule has 13 heavy (non-hydrogen) atoms. The Labute approximate surface area is 83.0 Å². The quantitative estimate of drug-likeness (QED) is 0.618. The van der Waals surface area contributed by atoms with Crippen molar-refractivity contribution < 1.29 is 4.43 Å². The van der Waals surface area contributed by atoms with Gasteiger partial charge >= 0.3 is 0 Å². The Morgan fingerprint density at radius 3 is 2.46 bits per heavy atom. The van der Waals surface area contributed by atoms with Gasteiger partial charge in [0.1, 0.15) is 0 Å². The van der Waals surface area contributed by atoms with Gasteiger partial charge in [-0.1, -0.05) is 19.8 Å². The summed E-state index contributed by atoms with van der Waals surface area (Å²) in [7, 11) is -1.32. The van der Waals surface area contributed by atoms with Crippen LogP contribution in [-0.4, -0.2) is 13.9 Å². The summed E-state index contributed by atoms with van der Waals surface area (Å²) in [5.41, 5.74) is 0.350. The summed E-state index contributed by atoms with van der Waals surface area (Å²) in [4.78, 5) is 0. The highest BCUT2D eigenvalue weighted by Crippen LogP contribution is 2.62. The van der Waals surface area contributed by atoms with Gasteiger partial charge < -0.3 is 4.43 Å². The van der Waals surface area contributed by atoms with Crippen molar-refractivity contribution in [3.8, 4) is 0 Å². The summed E-state index contributed by atoms with van der Waals surface area (Å²) in [6.07, 6.45) is 5.59. The molecule has 2 fully saturated rings. The lowest BCUT2D eigenvalue weighted by atomic mass is 9.98. The predicted molar refractivity (Wildman–Crippen MR) is 58.3 cm³/mol. The number of fused-ring (bicyclic) bond motifs is 1. The molecule has 0 amide bonds. The SMILES string of the molecule is C[C@H]1[C@H]2CCCC[C@]21O[Si](C)(C)C. The minimum atomic E-state index is -1.32. The van der Waals surface area contributed by atoms with Gasteiger partial charge in [0.2, 0.25) is 0 Å². The van der Waals surface area contributed by atoms with Crippen molar-refractivity contribution in [2.45, 2.75) is 57.8 Å². The lowest BCUT2D eigenvalue weighted by Crippen LogP contribution is -2.36. The first-order valence-electron chi connectivity index (χ1n) is 5.66. The van der Waals surface area contributed by atoms with Gasteiger partial charge in [0.05, 0.1) is 5.60 Å². The van der Waals surface area contributed by atoms with Crippen molar-refractivity contribution in [2.75, 3.05) is 0 Å². The Balaban J connectivity index is 2.05. The Hall–Kier alpha value is 0.177. The molecule has 0 unspecified atom stereocenters. The third-order valence-electron chi connectivity index (χ3n) is 3.72. The van der Waals surface area contributed by atoms with E-state index in [1.807, 2.05) is 0 Å². The van der Waals surface area contributed by atoms with Crippen LogP contribution in [0.15, 0.2) is 0 Å². The van der Waals surface area contributed by atoms with Gasteiger partial charge in [0.15, 0.2) is 8.32 Å². The zero-order chi connectivity index (χ0) is 9.69. The summed E-state index contributed by atoms with van der Waals surface area (Å²) >= 11 is 0. The molecule has 0 aliphatic heterocycles. The summed E-state index contributed by atoms with van der Waals surface area (Å²) in [5, 5.41) is 0. The van der Waals surface area contributed by atoms with E-state index in [0.717, 1.165) is 11.8 Å². The first kappa shape index (κ1) is 9.72. The van der Waals surface area contributed by atoms with Crippen LogP contribution in [0, 0.1) is 11.8 Å². The zero-order valence-electron chi connectivity index (χ0n) is 9.39. The maximum atomic E-state index is 6.39. The first-order chi connectivity index (χ1) is 5.96. The molecule has 0 bridgehead atoms. The molecule has 0 spiro atoms. The summed E-state index contributed by atoms with van der Waals surface area (Å²) in [6.45, 7) is 9.34. The van der Waals surface area contributed by atoms with Crippen LogP contribution in [0.4, 0.5) is 0 Å². The highest BCUT2D eigenvalue weighted by molar-refractivity contribution is 6.69. The van der Waals surface area contributed by atoms with E-state index in [9.17, 15) is 0 Å². The van der Waals surface area contributed by atoms with Gasteiger partial charge in [0.25, 0.3) is 0 Å². The molecular formula is C11H22OSi. The molecule has 2 rings (SSSR count).